The predicted octanol–water partition coefficient (Wildman–Crippen LogP) is 21.4. The van der Waals surface area contributed by atoms with Crippen LogP contribution in [0.25, 0.3) is 0 Å². The Balaban J connectivity index is 5.25. The molecule has 0 bridgehead atoms. The summed E-state index contributed by atoms with van der Waals surface area (Å²) >= 11 is 0. The number of ether oxygens (including phenoxy) is 4. The molecule has 0 aliphatic heterocycles. The second-order valence-electron chi connectivity index (χ2n) is 26.3. The number of phosphoric acid groups is 2. The summed E-state index contributed by atoms with van der Waals surface area (Å²) < 4.78 is 68.4. The molecule has 17 nitrogen and oxygen atoms in total. The smallest absolute Gasteiger partial charge is 0.462 e. The Morgan fingerprint density at radius 2 is 0.435 bits per heavy atom. The number of aliphatic hydroxyl groups is 1. The van der Waals surface area contributed by atoms with E-state index in [1.54, 1.807) is 0 Å². The molecule has 3 N–H and O–H groups in total. The van der Waals surface area contributed by atoms with Crippen LogP contribution in [0, 0.1) is 0 Å². The van der Waals surface area contributed by atoms with Gasteiger partial charge in [-0.2, -0.15) is 0 Å². The van der Waals surface area contributed by atoms with Crippen LogP contribution in [-0.4, -0.2) is 96.7 Å². The van der Waals surface area contributed by atoms with Crippen molar-refractivity contribution in [3.05, 3.63) is 0 Å². The van der Waals surface area contributed by atoms with Crippen LogP contribution in [-0.2, 0) is 65.4 Å². The van der Waals surface area contributed by atoms with E-state index < -0.39 is 97.5 Å². The summed E-state index contributed by atoms with van der Waals surface area (Å²) in [6.45, 7) is 4.98. The van der Waals surface area contributed by atoms with Gasteiger partial charge in [-0.25, -0.2) is 9.13 Å². The Morgan fingerprint density at radius 3 is 0.641 bits per heavy atom. The Labute approximate surface area is 562 Å². The van der Waals surface area contributed by atoms with Crippen molar-refractivity contribution in [2.24, 2.45) is 0 Å². The number of carbonyl (C=O) groups excluding carboxylic acids is 4. The van der Waals surface area contributed by atoms with E-state index in [2.05, 4.69) is 27.7 Å². The molecule has 546 valence electrons. The summed E-state index contributed by atoms with van der Waals surface area (Å²) in [5.74, 6) is -2.11. The van der Waals surface area contributed by atoms with E-state index in [1.165, 1.54) is 218 Å². The predicted molar refractivity (Wildman–Crippen MR) is 372 cm³/mol. The second-order valence-corrected chi connectivity index (χ2v) is 29.2. The molecule has 0 aromatic rings. The zero-order valence-corrected chi connectivity index (χ0v) is 61.3. The first-order chi connectivity index (χ1) is 44.7. The van der Waals surface area contributed by atoms with Gasteiger partial charge in [0.05, 0.1) is 26.4 Å². The highest BCUT2D eigenvalue weighted by Gasteiger charge is 2.30. The van der Waals surface area contributed by atoms with E-state index in [0.29, 0.717) is 25.7 Å². The van der Waals surface area contributed by atoms with Crippen molar-refractivity contribution in [1.29, 1.82) is 0 Å². The fraction of sp³-hybridized carbons (Fsp3) is 0.945. The van der Waals surface area contributed by atoms with E-state index in [0.717, 1.165) is 89.9 Å². The van der Waals surface area contributed by atoms with E-state index in [4.69, 9.17) is 37.0 Å². The minimum atomic E-state index is -4.95. The van der Waals surface area contributed by atoms with Crippen LogP contribution in [0.2, 0.25) is 0 Å². The third kappa shape index (κ3) is 66.7. The number of aliphatic hydroxyl groups excluding tert-OH is 1. The molecule has 0 aliphatic rings. The van der Waals surface area contributed by atoms with Gasteiger partial charge in [-0.1, -0.05) is 336 Å². The molecule has 0 saturated heterocycles. The van der Waals surface area contributed by atoms with E-state index in [9.17, 15) is 43.2 Å². The van der Waals surface area contributed by atoms with E-state index >= 15 is 0 Å². The number of unbranched alkanes of at least 4 members (excludes halogenated alkanes) is 48. The number of phosphoric ester groups is 2. The van der Waals surface area contributed by atoms with Crippen molar-refractivity contribution < 1.29 is 80.2 Å². The van der Waals surface area contributed by atoms with Crippen molar-refractivity contribution in [3.8, 4) is 0 Å². The van der Waals surface area contributed by atoms with Crippen LogP contribution in [0.1, 0.15) is 387 Å². The highest BCUT2D eigenvalue weighted by Crippen LogP contribution is 2.45. The Morgan fingerprint density at radius 1 is 0.261 bits per heavy atom. The zero-order chi connectivity index (χ0) is 67.5. The van der Waals surface area contributed by atoms with E-state index in [-0.39, 0.29) is 25.7 Å². The lowest BCUT2D eigenvalue weighted by Gasteiger charge is -2.21. The molecule has 0 heterocycles. The quantitative estimate of drug-likeness (QED) is 0.0222. The first kappa shape index (κ1) is 90.1. The highest BCUT2D eigenvalue weighted by molar-refractivity contribution is 7.47. The highest BCUT2D eigenvalue weighted by atomic mass is 31.2. The molecule has 0 amide bonds. The molecule has 0 radical (unpaired) electrons. The molecule has 5 atom stereocenters. The average molecular weight is 1350 g/mol. The molecular weight excluding hydrogens is 1210 g/mol. The van der Waals surface area contributed by atoms with Gasteiger partial charge in [0.1, 0.15) is 19.3 Å². The molecular formula is C73H142O17P2. The van der Waals surface area contributed by atoms with Crippen LogP contribution >= 0.6 is 15.6 Å². The van der Waals surface area contributed by atoms with Crippen LogP contribution in [0.3, 0.4) is 0 Å². The fourth-order valence-corrected chi connectivity index (χ4v) is 12.8. The lowest BCUT2D eigenvalue weighted by atomic mass is 10.0. The van der Waals surface area contributed by atoms with Gasteiger partial charge in [-0.15, -0.1) is 0 Å². The maximum absolute atomic E-state index is 13.1. The van der Waals surface area contributed by atoms with Crippen molar-refractivity contribution >= 4 is 39.5 Å². The SMILES string of the molecule is CCCCCCCCCCCCCCCCCC(=O)O[C@H](COC(=O)CCCCCCCCCCCCCCCC)COP(=O)(O)OC[C@@H](O)COP(=O)(O)OC[C@@H](COC(=O)CCCCCCCCCCCCC)OC(=O)CCCCCCCCCCCCCC. The largest absolute Gasteiger partial charge is 0.472 e. The monoisotopic (exact) mass is 1350 g/mol. The van der Waals surface area contributed by atoms with Crippen LogP contribution in [0.15, 0.2) is 0 Å². The topological polar surface area (TPSA) is 237 Å². The van der Waals surface area contributed by atoms with Crippen LogP contribution in [0.5, 0.6) is 0 Å². The molecule has 19 heteroatoms. The Kier molecular flexibility index (Phi) is 66.2. The molecule has 0 fully saturated rings. The first-order valence-corrected chi connectivity index (χ1v) is 41.3. The van der Waals surface area contributed by atoms with Gasteiger partial charge >= 0.3 is 39.5 Å². The van der Waals surface area contributed by atoms with Gasteiger partial charge in [0.25, 0.3) is 0 Å². The van der Waals surface area contributed by atoms with E-state index in [1.807, 2.05) is 0 Å². The number of hydrogen-bond acceptors (Lipinski definition) is 15. The van der Waals surface area contributed by atoms with Gasteiger partial charge in [0, 0.05) is 25.7 Å². The van der Waals surface area contributed by atoms with Crippen molar-refractivity contribution in [3.63, 3.8) is 0 Å². The molecule has 0 aliphatic carbocycles. The minimum absolute atomic E-state index is 0.108. The van der Waals surface area contributed by atoms with Crippen molar-refractivity contribution in [2.45, 2.75) is 406 Å². The second kappa shape index (κ2) is 67.6. The number of hydrogen-bond donors (Lipinski definition) is 3. The lowest BCUT2D eigenvalue weighted by molar-refractivity contribution is -0.161. The average Bonchev–Trinajstić information content (AvgIpc) is 3.64. The standard InChI is InChI=1S/C73H142O17P2/c1-5-9-13-17-21-25-29-32-34-36-40-44-48-52-56-60-73(78)90-69(64-84-71(76)58-54-50-46-42-39-35-33-30-26-22-18-14-10-6-2)66-88-92(81,82)86-62-67(74)61-85-91(79,80)87-65-68(63-83-70(75)57-53-49-45-41-37-28-24-20-16-12-8-4)89-72(77)59-55-51-47-43-38-31-27-23-19-15-11-7-3/h67-69,74H,5-66H2,1-4H3,(H,79,80)(H,81,82)/t67-,68+,69+/m0/s1. The maximum Gasteiger partial charge on any atom is 0.472 e. The summed E-state index contributed by atoms with van der Waals surface area (Å²) in [7, 11) is -9.90. The maximum atomic E-state index is 13.1. The molecule has 0 saturated carbocycles. The van der Waals surface area contributed by atoms with Gasteiger partial charge in [0.2, 0.25) is 0 Å². The Hall–Kier alpha value is -1.94. The number of carbonyl (C=O) groups is 4. The van der Waals surface area contributed by atoms with Gasteiger partial charge < -0.3 is 33.8 Å². The number of esters is 4. The fourth-order valence-electron chi connectivity index (χ4n) is 11.2. The first-order valence-electron chi connectivity index (χ1n) is 38.3. The summed E-state index contributed by atoms with van der Waals surface area (Å²) in [6, 6.07) is 0. The Bertz CT molecular complexity index is 1760. The molecule has 0 aromatic carbocycles. The lowest BCUT2D eigenvalue weighted by Crippen LogP contribution is -2.30. The zero-order valence-electron chi connectivity index (χ0n) is 59.5. The van der Waals surface area contributed by atoms with Crippen LogP contribution in [0.4, 0.5) is 0 Å². The number of rotatable bonds is 74. The third-order valence-corrected chi connectivity index (χ3v) is 19.0. The summed E-state index contributed by atoms with van der Waals surface area (Å²) in [6.07, 6.45) is 56.6. The molecule has 92 heavy (non-hydrogen) atoms. The van der Waals surface area contributed by atoms with Crippen molar-refractivity contribution in [2.75, 3.05) is 39.6 Å². The molecule has 0 spiro atoms. The van der Waals surface area contributed by atoms with Gasteiger partial charge in [0.15, 0.2) is 12.2 Å². The molecule has 2 unspecified atom stereocenters. The normalized spacial score (nSPS) is 13.9. The minimum Gasteiger partial charge on any atom is -0.462 e. The molecule has 0 aromatic heterocycles. The summed E-state index contributed by atoms with van der Waals surface area (Å²) in [5.41, 5.74) is 0. The summed E-state index contributed by atoms with van der Waals surface area (Å²) in [4.78, 5) is 72.7. The van der Waals surface area contributed by atoms with Gasteiger partial charge in [-0.05, 0) is 25.7 Å². The third-order valence-electron chi connectivity index (χ3n) is 17.1. The molecule has 0 rings (SSSR count). The van der Waals surface area contributed by atoms with Gasteiger partial charge in [-0.3, -0.25) is 37.3 Å². The summed E-state index contributed by atoms with van der Waals surface area (Å²) in [5, 5.41) is 10.6. The van der Waals surface area contributed by atoms with Crippen molar-refractivity contribution in [1.82, 2.24) is 0 Å². The van der Waals surface area contributed by atoms with Crippen LogP contribution < -0.4 is 0 Å².